The van der Waals surface area contributed by atoms with E-state index in [1.807, 2.05) is 0 Å². The van der Waals surface area contributed by atoms with Crippen LogP contribution in [-0.2, 0) is 14.4 Å². The van der Waals surface area contributed by atoms with E-state index in [0.29, 0.717) is 18.3 Å². The molecule has 6 nitrogen and oxygen atoms in total. The van der Waals surface area contributed by atoms with E-state index in [0.717, 1.165) is 6.42 Å². The second-order valence-electron chi connectivity index (χ2n) is 5.58. The van der Waals surface area contributed by atoms with Gasteiger partial charge in [-0.3, -0.25) is 9.59 Å². The first kappa shape index (κ1) is 12.5. The van der Waals surface area contributed by atoms with Crippen molar-refractivity contribution in [2.45, 2.75) is 6.42 Å². The highest BCUT2D eigenvalue weighted by Crippen LogP contribution is 2.51. The SMILES string of the molecule is O=C(ON1C(=O)c2ccccc2C1=O)C1C2CCOCC21. The van der Waals surface area contributed by atoms with Gasteiger partial charge in [0, 0.05) is 6.61 Å². The van der Waals surface area contributed by atoms with Gasteiger partial charge in [0.15, 0.2) is 0 Å². The maximum Gasteiger partial charge on any atom is 0.336 e. The monoisotopic (exact) mass is 287 g/mol. The molecule has 1 saturated carbocycles. The number of rotatable bonds is 2. The molecule has 2 amide bonds. The van der Waals surface area contributed by atoms with Crippen LogP contribution in [0.3, 0.4) is 0 Å². The van der Waals surface area contributed by atoms with Crippen LogP contribution in [0.25, 0.3) is 0 Å². The van der Waals surface area contributed by atoms with Gasteiger partial charge >= 0.3 is 5.97 Å². The Kier molecular flexibility index (Phi) is 2.62. The Morgan fingerprint density at radius 1 is 1.14 bits per heavy atom. The molecular formula is C15H13NO5. The van der Waals surface area contributed by atoms with Crippen molar-refractivity contribution < 1.29 is 24.0 Å². The number of nitrogens with zero attached hydrogens (tertiary/aromatic N) is 1. The molecule has 2 aliphatic heterocycles. The summed E-state index contributed by atoms with van der Waals surface area (Å²) in [4.78, 5) is 41.4. The predicted molar refractivity (Wildman–Crippen MR) is 68.9 cm³/mol. The normalized spacial score (nSPS) is 29.9. The molecule has 108 valence electrons. The number of ether oxygens (including phenoxy) is 1. The van der Waals surface area contributed by atoms with Crippen LogP contribution in [0.4, 0.5) is 0 Å². The Hall–Kier alpha value is -2.21. The number of hydrogen-bond donors (Lipinski definition) is 0. The first-order valence-corrected chi connectivity index (χ1v) is 6.96. The van der Waals surface area contributed by atoms with Crippen molar-refractivity contribution in [2.24, 2.45) is 17.8 Å². The van der Waals surface area contributed by atoms with Crippen LogP contribution >= 0.6 is 0 Å². The van der Waals surface area contributed by atoms with Crippen LogP contribution in [0.15, 0.2) is 24.3 Å². The average Bonchev–Trinajstić information content (AvgIpc) is 3.20. The minimum absolute atomic E-state index is 0.168. The second-order valence-corrected chi connectivity index (χ2v) is 5.58. The molecule has 3 aliphatic rings. The Morgan fingerprint density at radius 3 is 2.38 bits per heavy atom. The number of carbonyl (C=O) groups excluding carboxylic acids is 3. The number of imide groups is 1. The van der Waals surface area contributed by atoms with Gasteiger partial charge in [-0.15, -0.1) is 0 Å². The van der Waals surface area contributed by atoms with Crippen molar-refractivity contribution in [3.8, 4) is 0 Å². The smallest absolute Gasteiger partial charge is 0.336 e. The predicted octanol–water partition coefficient (Wildman–Crippen LogP) is 1.02. The standard InChI is InChI=1S/C15H13NO5/c17-13-9-3-1-2-4-10(9)14(18)16(13)21-15(19)12-8-5-6-20-7-11(8)12/h1-4,8,11-12H,5-7H2. The zero-order valence-corrected chi connectivity index (χ0v) is 11.2. The molecule has 1 aromatic carbocycles. The van der Waals surface area contributed by atoms with Gasteiger partial charge in [0.2, 0.25) is 0 Å². The van der Waals surface area contributed by atoms with Crippen LogP contribution < -0.4 is 0 Å². The molecule has 1 saturated heterocycles. The summed E-state index contributed by atoms with van der Waals surface area (Å²) in [6, 6.07) is 6.44. The third-order valence-corrected chi connectivity index (χ3v) is 4.45. The summed E-state index contributed by atoms with van der Waals surface area (Å²) >= 11 is 0. The van der Waals surface area contributed by atoms with E-state index in [4.69, 9.17) is 9.57 Å². The molecule has 21 heavy (non-hydrogen) atoms. The highest BCUT2D eigenvalue weighted by Gasteiger charge is 2.58. The van der Waals surface area contributed by atoms with E-state index < -0.39 is 17.8 Å². The highest BCUT2D eigenvalue weighted by molar-refractivity contribution is 6.20. The van der Waals surface area contributed by atoms with Crippen LogP contribution in [-0.4, -0.2) is 36.1 Å². The molecule has 0 aromatic heterocycles. The summed E-state index contributed by atoms with van der Waals surface area (Å²) in [5, 5.41) is 0.582. The topological polar surface area (TPSA) is 72.9 Å². The molecule has 0 N–H and O–H groups in total. The van der Waals surface area contributed by atoms with Crippen LogP contribution in [0.2, 0.25) is 0 Å². The Morgan fingerprint density at radius 2 is 1.81 bits per heavy atom. The van der Waals surface area contributed by atoms with Gasteiger partial charge in [-0.25, -0.2) is 4.79 Å². The fourth-order valence-electron chi connectivity index (χ4n) is 3.26. The third-order valence-electron chi connectivity index (χ3n) is 4.45. The first-order chi connectivity index (χ1) is 10.2. The maximum absolute atomic E-state index is 12.1. The van der Waals surface area contributed by atoms with Gasteiger partial charge in [0.05, 0.1) is 23.7 Å². The van der Waals surface area contributed by atoms with Crippen LogP contribution in [0.5, 0.6) is 0 Å². The molecule has 3 atom stereocenters. The van der Waals surface area contributed by atoms with E-state index >= 15 is 0 Å². The van der Waals surface area contributed by atoms with E-state index in [9.17, 15) is 14.4 Å². The molecule has 6 heteroatoms. The second kappa shape index (κ2) is 4.39. The zero-order valence-electron chi connectivity index (χ0n) is 11.2. The number of fused-ring (bicyclic) bond motifs is 2. The summed E-state index contributed by atoms with van der Waals surface area (Å²) in [7, 11) is 0. The van der Waals surface area contributed by atoms with Crippen molar-refractivity contribution >= 4 is 17.8 Å². The van der Waals surface area contributed by atoms with Gasteiger partial charge in [-0.1, -0.05) is 17.2 Å². The van der Waals surface area contributed by atoms with E-state index in [1.165, 1.54) is 0 Å². The van der Waals surface area contributed by atoms with Gasteiger partial charge in [-0.05, 0) is 30.4 Å². The van der Waals surface area contributed by atoms with Crippen LogP contribution in [0.1, 0.15) is 27.1 Å². The molecule has 4 rings (SSSR count). The molecule has 0 radical (unpaired) electrons. The Labute approximate surface area is 120 Å². The Bertz CT molecular complexity index is 608. The van der Waals surface area contributed by atoms with E-state index in [2.05, 4.69) is 0 Å². The third kappa shape index (κ3) is 1.79. The molecule has 2 fully saturated rings. The summed E-state index contributed by atoms with van der Waals surface area (Å²) < 4.78 is 5.31. The summed E-state index contributed by atoms with van der Waals surface area (Å²) in [5.41, 5.74) is 0.540. The minimum Gasteiger partial charge on any atom is -0.381 e. The number of carbonyl (C=O) groups is 3. The lowest BCUT2D eigenvalue weighted by Gasteiger charge is -2.12. The Balaban J connectivity index is 1.50. The molecule has 0 bridgehead atoms. The highest BCUT2D eigenvalue weighted by atomic mass is 16.7. The van der Waals surface area contributed by atoms with Crippen LogP contribution in [0, 0.1) is 17.8 Å². The number of hydrogen-bond acceptors (Lipinski definition) is 5. The summed E-state index contributed by atoms with van der Waals surface area (Å²) in [5.74, 6) is -1.49. The van der Waals surface area contributed by atoms with Gasteiger partial charge in [0.1, 0.15) is 0 Å². The fraction of sp³-hybridized carbons (Fsp3) is 0.400. The molecule has 3 unspecified atom stereocenters. The largest absolute Gasteiger partial charge is 0.381 e. The lowest BCUT2D eigenvalue weighted by molar-refractivity contribution is -0.171. The average molecular weight is 287 g/mol. The quantitative estimate of drug-likeness (QED) is 0.759. The van der Waals surface area contributed by atoms with E-state index in [-0.39, 0.29) is 28.9 Å². The minimum atomic E-state index is -0.580. The molecule has 2 heterocycles. The van der Waals surface area contributed by atoms with Gasteiger partial charge in [0.25, 0.3) is 11.8 Å². The van der Waals surface area contributed by atoms with Crippen molar-refractivity contribution in [1.29, 1.82) is 0 Å². The molecule has 0 spiro atoms. The summed E-state index contributed by atoms with van der Waals surface area (Å²) in [6.45, 7) is 1.20. The molecule has 1 aromatic rings. The van der Waals surface area contributed by atoms with Crippen molar-refractivity contribution in [3.05, 3.63) is 35.4 Å². The van der Waals surface area contributed by atoms with Gasteiger partial charge in [-0.2, -0.15) is 0 Å². The zero-order chi connectivity index (χ0) is 14.6. The molecule has 1 aliphatic carbocycles. The fourth-order valence-corrected chi connectivity index (χ4v) is 3.26. The summed E-state index contributed by atoms with van der Waals surface area (Å²) in [6.07, 6.45) is 0.826. The first-order valence-electron chi connectivity index (χ1n) is 6.96. The lowest BCUT2D eigenvalue weighted by Crippen LogP contribution is -2.33. The van der Waals surface area contributed by atoms with Crippen molar-refractivity contribution in [3.63, 3.8) is 0 Å². The maximum atomic E-state index is 12.1. The van der Waals surface area contributed by atoms with Crippen molar-refractivity contribution in [1.82, 2.24) is 5.06 Å². The van der Waals surface area contributed by atoms with E-state index in [1.54, 1.807) is 24.3 Å². The van der Waals surface area contributed by atoms with Crippen molar-refractivity contribution in [2.75, 3.05) is 13.2 Å². The number of benzene rings is 1. The lowest BCUT2D eigenvalue weighted by atomic mass is 10.1. The number of amides is 2. The van der Waals surface area contributed by atoms with Gasteiger partial charge < -0.3 is 9.57 Å². The molecular weight excluding hydrogens is 274 g/mol. The number of hydroxylamine groups is 2.